The lowest BCUT2D eigenvalue weighted by atomic mass is 9.96. The Morgan fingerprint density at radius 2 is 2.00 bits per heavy atom. The molecule has 0 aliphatic carbocycles. The number of amides is 1. The number of ketones is 1. The van der Waals surface area contributed by atoms with E-state index in [4.69, 9.17) is 9.47 Å². The van der Waals surface area contributed by atoms with Crippen LogP contribution in [0.25, 0.3) is 5.76 Å². The lowest BCUT2D eigenvalue weighted by molar-refractivity contribution is -0.139. The highest BCUT2D eigenvalue weighted by molar-refractivity contribution is 6.46. The fraction of sp³-hybridized carbons (Fsp3) is 0.286. The Balaban J connectivity index is 1.84. The van der Waals surface area contributed by atoms with Crippen LogP contribution in [-0.4, -0.2) is 46.4 Å². The first kappa shape index (κ1) is 18.0. The lowest BCUT2D eigenvalue weighted by Crippen LogP contribution is -2.30. The van der Waals surface area contributed by atoms with Crippen molar-refractivity contribution in [2.45, 2.75) is 19.4 Å². The summed E-state index contributed by atoms with van der Waals surface area (Å²) in [6.45, 7) is 3.21. The maximum Gasteiger partial charge on any atom is 0.295 e. The highest BCUT2D eigenvalue weighted by Crippen LogP contribution is 2.40. The number of ether oxygens (including phenoxy) is 2. The largest absolute Gasteiger partial charge is 0.507 e. The predicted molar refractivity (Wildman–Crippen MR) is 101 cm³/mol. The summed E-state index contributed by atoms with van der Waals surface area (Å²) in [5.74, 6) is -0.471. The van der Waals surface area contributed by atoms with Gasteiger partial charge in [0.15, 0.2) is 11.5 Å². The molecule has 0 saturated carbocycles. The van der Waals surface area contributed by atoms with Crippen molar-refractivity contribution >= 4 is 17.4 Å². The molecule has 1 aromatic carbocycles. The number of fused-ring (bicyclic) bond motifs is 1. The number of rotatable bonds is 4. The van der Waals surface area contributed by atoms with Gasteiger partial charge in [-0.1, -0.05) is 13.0 Å². The van der Waals surface area contributed by atoms with Crippen LogP contribution in [0.4, 0.5) is 0 Å². The summed E-state index contributed by atoms with van der Waals surface area (Å²) in [7, 11) is 0. The Hall–Kier alpha value is -3.35. The van der Waals surface area contributed by atoms with Crippen molar-refractivity contribution in [1.29, 1.82) is 0 Å². The standard InChI is InChI=1S/C21H20N2O5/c1-2-8-23-18(14-4-3-7-22-12-14)17(20(25)21(23)26)19(24)13-5-6-15-16(11-13)28-10-9-27-15/h3-7,11-12,18,24H,2,8-10H2,1H3/b19-17-. The van der Waals surface area contributed by atoms with Crippen molar-refractivity contribution < 1.29 is 24.2 Å². The summed E-state index contributed by atoms with van der Waals surface area (Å²) in [6.07, 6.45) is 3.92. The summed E-state index contributed by atoms with van der Waals surface area (Å²) >= 11 is 0. The minimum Gasteiger partial charge on any atom is -0.507 e. The van der Waals surface area contributed by atoms with Gasteiger partial charge in [0, 0.05) is 24.5 Å². The number of pyridine rings is 1. The van der Waals surface area contributed by atoms with E-state index in [9.17, 15) is 14.7 Å². The molecule has 2 aliphatic heterocycles. The third kappa shape index (κ3) is 2.98. The zero-order valence-corrected chi connectivity index (χ0v) is 15.4. The van der Waals surface area contributed by atoms with E-state index in [2.05, 4.69) is 4.98 Å². The van der Waals surface area contributed by atoms with Gasteiger partial charge in [-0.15, -0.1) is 0 Å². The average Bonchev–Trinajstić information content (AvgIpc) is 2.99. The van der Waals surface area contributed by atoms with E-state index in [0.717, 1.165) is 0 Å². The first-order valence-corrected chi connectivity index (χ1v) is 9.20. The van der Waals surface area contributed by atoms with Crippen molar-refractivity contribution in [2.75, 3.05) is 19.8 Å². The number of hydrogen-bond donors (Lipinski definition) is 1. The Morgan fingerprint density at radius 3 is 2.71 bits per heavy atom. The van der Waals surface area contributed by atoms with Crippen molar-refractivity contribution in [2.24, 2.45) is 0 Å². The molecule has 1 N–H and O–H groups in total. The summed E-state index contributed by atoms with van der Waals surface area (Å²) < 4.78 is 11.1. The molecule has 1 saturated heterocycles. The first-order valence-electron chi connectivity index (χ1n) is 9.20. The van der Waals surface area contributed by atoms with E-state index in [1.807, 2.05) is 6.92 Å². The SMILES string of the molecule is CCCN1C(=O)C(=O)/C(=C(\O)c2ccc3c(c2)OCCO3)C1c1cccnc1. The smallest absolute Gasteiger partial charge is 0.295 e. The van der Waals surface area contributed by atoms with Crippen molar-refractivity contribution in [3.05, 3.63) is 59.4 Å². The van der Waals surface area contributed by atoms with Gasteiger partial charge in [0.1, 0.15) is 19.0 Å². The molecule has 1 aromatic heterocycles. The number of carbonyl (C=O) groups excluding carboxylic acids is 2. The highest BCUT2D eigenvalue weighted by atomic mass is 16.6. The van der Waals surface area contributed by atoms with Gasteiger partial charge < -0.3 is 19.5 Å². The number of aliphatic hydroxyl groups excluding tert-OH is 1. The zero-order valence-electron chi connectivity index (χ0n) is 15.4. The summed E-state index contributed by atoms with van der Waals surface area (Å²) in [5.41, 5.74) is 1.13. The molecule has 1 amide bonds. The molecule has 0 bridgehead atoms. The van der Waals surface area contributed by atoms with Crippen LogP contribution < -0.4 is 9.47 Å². The monoisotopic (exact) mass is 380 g/mol. The van der Waals surface area contributed by atoms with Gasteiger partial charge in [-0.25, -0.2) is 0 Å². The molecule has 7 heteroatoms. The molecular formula is C21H20N2O5. The summed E-state index contributed by atoms with van der Waals surface area (Å²) in [5, 5.41) is 11.0. The number of aromatic nitrogens is 1. The minimum absolute atomic E-state index is 0.0585. The second-order valence-electron chi connectivity index (χ2n) is 6.64. The van der Waals surface area contributed by atoms with Crippen LogP contribution >= 0.6 is 0 Å². The first-order chi connectivity index (χ1) is 13.6. The quantitative estimate of drug-likeness (QED) is 0.498. The van der Waals surface area contributed by atoms with Crippen LogP contribution in [0, 0.1) is 0 Å². The molecule has 7 nitrogen and oxygen atoms in total. The third-order valence-corrected chi connectivity index (χ3v) is 4.82. The zero-order chi connectivity index (χ0) is 19.7. The Morgan fingerprint density at radius 1 is 1.21 bits per heavy atom. The summed E-state index contributed by atoms with van der Waals surface area (Å²) in [6, 6.07) is 7.81. The number of likely N-dealkylation sites (tertiary alicyclic amines) is 1. The van der Waals surface area contributed by atoms with E-state index in [1.54, 1.807) is 42.7 Å². The number of hydrogen-bond acceptors (Lipinski definition) is 6. The second kappa shape index (κ2) is 7.34. The number of benzene rings is 1. The van der Waals surface area contributed by atoms with Gasteiger partial charge in [0.2, 0.25) is 0 Å². The van der Waals surface area contributed by atoms with Gasteiger partial charge in [0.25, 0.3) is 11.7 Å². The molecule has 0 radical (unpaired) electrons. The van der Waals surface area contributed by atoms with Gasteiger partial charge in [-0.3, -0.25) is 14.6 Å². The topological polar surface area (TPSA) is 89.0 Å². The summed E-state index contributed by atoms with van der Waals surface area (Å²) in [4.78, 5) is 31.0. The molecule has 1 atom stereocenters. The van der Waals surface area contributed by atoms with Crippen LogP contribution in [0.1, 0.15) is 30.5 Å². The maximum atomic E-state index is 12.8. The third-order valence-electron chi connectivity index (χ3n) is 4.82. The van der Waals surface area contributed by atoms with Crippen molar-refractivity contribution in [3.63, 3.8) is 0 Å². The van der Waals surface area contributed by atoms with E-state index in [-0.39, 0.29) is 11.3 Å². The molecule has 3 heterocycles. The average molecular weight is 380 g/mol. The highest BCUT2D eigenvalue weighted by Gasteiger charge is 2.45. The molecule has 1 fully saturated rings. The van der Waals surface area contributed by atoms with Crippen LogP contribution in [0.3, 0.4) is 0 Å². The fourth-order valence-electron chi connectivity index (χ4n) is 3.58. The van der Waals surface area contributed by atoms with Crippen LogP contribution in [0.15, 0.2) is 48.3 Å². The van der Waals surface area contributed by atoms with E-state index in [0.29, 0.717) is 48.8 Å². The molecule has 2 aliphatic rings. The van der Waals surface area contributed by atoms with Gasteiger partial charge in [0.05, 0.1) is 11.6 Å². The maximum absolute atomic E-state index is 12.8. The Labute approximate surface area is 162 Å². The molecule has 4 rings (SSSR count). The molecule has 0 spiro atoms. The van der Waals surface area contributed by atoms with E-state index < -0.39 is 17.7 Å². The lowest BCUT2D eigenvalue weighted by Gasteiger charge is -2.24. The van der Waals surface area contributed by atoms with Gasteiger partial charge in [-0.05, 0) is 36.2 Å². The number of nitrogens with zero attached hydrogens (tertiary/aromatic N) is 2. The fourth-order valence-corrected chi connectivity index (χ4v) is 3.58. The molecular weight excluding hydrogens is 360 g/mol. The van der Waals surface area contributed by atoms with E-state index in [1.165, 1.54) is 4.90 Å². The van der Waals surface area contributed by atoms with Gasteiger partial charge >= 0.3 is 0 Å². The Bertz CT molecular complexity index is 955. The Kier molecular flexibility index (Phi) is 4.73. The minimum atomic E-state index is -0.699. The van der Waals surface area contributed by atoms with Gasteiger partial charge in [-0.2, -0.15) is 0 Å². The van der Waals surface area contributed by atoms with Crippen molar-refractivity contribution in [3.8, 4) is 11.5 Å². The van der Waals surface area contributed by atoms with Crippen molar-refractivity contribution in [1.82, 2.24) is 9.88 Å². The van der Waals surface area contributed by atoms with Crippen LogP contribution in [-0.2, 0) is 9.59 Å². The molecule has 2 aromatic rings. The van der Waals surface area contributed by atoms with Crippen LogP contribution in [0.5, 0.6) is 11.5 Å². The molecule has 144 valence electrons. The molecule has 1 unspecified atom stereocenters. The second-order valence-corrected chi connectivity index (χ2v) is 6.64. The van der Waals surface area contributed by atoms with Crippen LogP contribution in [0.2, 0.25) is 0 Å². The number of Topliss-reactive ketones (excluding diaryl/α,β-unsaturated/α-hetero) is 1. The molecule has 28 heavy (non-hydrogen) atoms. The number of carbonyl (C=O) groups is 2. The number of aliphatic hydroxyl groups is 1. The normalized spacial score (nSPS) is 20.5. The predicted octanol–water partition coefficient (Wildman–Crippen LogP) is 2.68. The van der Waals surface area contributed by atoms with E-state index >= 15 is 0 Å².